The van der Waals surface area contributed by atoms with Gasteiger partial charge in [0.15, 0.2) is 0 Å². The fourth-order valence-corrected chi connectivity index (χ4v) is 4.43. The van der Waals surface area contributed by atoms with Crippen molar-refractivity contribution in [3.05, 3.63) is 35.4 Å². The smallest absolute Gasteiger partial charge is 0.131 e. The van der Waals surface area contributed by atoms with Gasteiger partial charge in [-0.25, -0.2) is 8.78 Å². The molecule has 0 atom stereocenters. The van der Waals surface area contributed by atoms with Crippen LogP contribution in [0.1, 0.15) is 31.2 Å². The summed E-state index contributed by atoms with van der Waals surface area (Å²) in [5.41, 5.74) is 0.174. The third-order valence-corrected chi connectivity index (χ3v) is 5.54. The van der Waals surface area contributed by atoms with E-state index in [1.54, 1.807) is 6.07 Å². The number of thioether (sulfide) groups is 1. The Labute approximate surface area is 128 Å². The van der Waals surface area contributed by atoms with Gasteiger partial charge in [-0.15, -0.1) is 0 Å². The average molecular weight is 313 g/mol. The maximum Gasteiger partial charge on any atom is 0.131 e. The van der Waals surface area contributed by atoms with E-state index in [1.807, 2.05) is 11.8 Å². The third-order valence-electron chi connectivity index (χ3n) is 4.49. The number of ether oxygens (including phenoxy) is 1. The van der Waals surface area contributed by atoms with E-state index >= 15 is 0 Å². The fourth-order valence-electron chi connectivity index (χ4n) is 3.32. The molecule has 2 nitrogen and oxygen atoms in total. The van der Waals surface area contributed by atoms with Crippen LogP contribution in [0.3, 0.4) is 0 Å². The van der Waals surface area contributed by atoms with Crippen LogP contribution >= 0.6 is 11.8 Å². The standard InChI is InChI=1S/C16H21F2NOS/c17-12-1-2-14(15(18)11-12)16(5-7-20-8-6-16)19-13-3-9-21-10-4-13/h1-2,11,13,19H,3-10H2. The first-order valence-electron chi connectivity index (χ1n) is 7.58. The second-order valence-corrected chi connectivity index (χ2v) is 7.07. The van der Waals surface area contributed by atoms with Gasteiger partial charge in [0.1, 0.15) is 11.6 Å². The van der Waals surface area contributed by atoms with Crippen molar-refractivity contribution in [1.82, 2.24) is 5.32 Å². The van der Waals surface area contributed by atoms with E-state index in [0.717, 1.165) is 43.3 Å². The molecular weight excluding hydrogens is 292 g/mol. The SMILES string of the molecule is Fc1ccc(C2(NC3CCSCC3)CCOCC2)c(F)c1. The zero-order chi connectivity index (χ0) is 14.7. The van der Waals surface area contributed by atoms with Gasteiger partial charge in [0, 0.05) is 30.9 Å². The van der Waals surface area contributed by atoms with Gasteiger partial charge < -0.3 is 10.1 Å². The minimum absolute atomic E-state index is 0.411. The number of hydrogen-bond donors (Lipinski definition) is 1. The van der Waals surface area contributed by atoms with Crippen LogP contribution in [0, 0.1) is 11.6 Å². The van der Waals surface area contributed by atoms with Crippen LogP contribution in [0.4, 0.5) is 8.78 Å². The molecule has 2 aliphatic rings. The third kappa shape index (κ3) is 3.41. The molecule has 1 N–H and O–H groups in total. The molecule has 0 spiro atoms. The molecule has 2 saturated heterocycles. The summed E-state index contributed by atoms with van der Waals surface area (Å²) in [7, 11) is 0. The summed E-state index contributed by atoms with van der Waals surface area (Å²) in [4.78, 5) is 0. The van der Waals surface area contributed by atoms with Crippen molar-refractivity contribution in [3.63, 3.8) is 0 Å². The van der Waals surface area contributed by atoms with Gasteiger partial charge in [0.05, 0.1) is 5.54 Å². The first-order valence-corrected chi connectivity index (χ1v) is 8.74. The van der Waals surface area contributed by atoms with Crippen LogP contribution in [0.25, 0.3) is 0 Å². The Morgan fingerprint density at radius 1 is 1.14 bits per heavy atom. The second-order valence-electron chi connectivity index (χ2n) is 5.85. The van der Waals surface area contributed by atoms with E-state index in [-0.39, 0.29) is 0 Å². The van der Waals surface area contributed by atoms with Crippen molar-refractivity contribution in [2.75, 3.05) is 24.7 Å². The molecule has 116 valence electrons. The van der Waals surface area contributed by atoms with Crippen LogP contribution in [-0.4, -0.2) is 30.8 Å². The highest BCUT2D eigenvalue weighted by Crippen LogP contribution is 2.36. The van der Waals surface area contributed by atoms with Crippen molar-refractivity contribution in [2.45, 2.75) is 37.3 Å². The highest BCUT2D eigenvalue weighted by Gasteiger charge is 2.38. The molecule has 2 heterocycles. The van der Waals surface area contributed by atoms with Crippen LogP contribution in [0.2, 0.25) is 0 Å². The molecule has 0 aromatic heterocycles. The van der Waals surface area contributed by atoms with E-state index in [1.165, 1.54) is 6.07 Å². The molecule has 1 aromatic rings. The maximum absolute atomic E-state index is 14.3. The molecule has 1 aromatic carbocycles. The van der Waals surface area contributed by atoms with Crippen LogP contribution in [0.5, 0.6) is 0 Å². The Kier molecular flexibility index (Phi) is 4.82. The lowest BCUT2D eigenvalue weighted by Crippen LogP contribution is -2.52. The summed E-state index contributed by atoms with van der Waals surface area (Å²) in [6, 6.07) is 4.35. The molecular formula is C16H21F2NOS. The molecule has 3 rings (SSSR count). The van der Waals surface area contributed by atoms with Gasteiger partial charge >= 0.3 is 0 Å². The Hall–Kier alpha value is -0.650. The van der Waals surface area contributed by atoms with E-state index in [9.17, 15) is 8.78 Å². The Morgan fingerprint density at radius 3 is 2.52 bits per heavy atom. The molecule has 2 fully saturated rings. The predicted octanol–water partition coefficient (Wildman–Crippen LogP) is 3.46. The lowest BCUT2D eigenvalue weighted by molar-refractivity contribution is 0.0293. The summed E-state index contributed by atoms with van der Waals surface area (Å²) in [5.74, 6) is 1.33. The number of halogens is 2. The van der Waals surface area contributed by atoms with Gasteiger partial charge in [-0.2, -0.15) is 11.8 Å². The Morgan fingerprint density at radius 2 is 1.86 bits per heavy atom. The minimum atomic E-state index is -0.521. The Balaban J connectivity index is 1.88. The monoisotopic (exact) mass is 313 g/mol. The molecule has 0 bridgehead atoms. The number of nitrogens with one attached hydrogen (secondary N) is 1. The largest absolute Gasteiger partial charge is 0.381 e. The number of rotatable bonds is 3. The molecule has 0 unspecified atom stereocenters. The van der Waals surface area contributed by atoms with Crippen LogP contribution < -0.4 is 5.32 Å². The average Bonchev–Trinajstić information content (AvgIpc) is 2.49. The molecule has 0 amide bonds. The van der Waals surface area contributed by atoms with E-state index < -0.39 is 17.2 Å². The van der Waals surface area contributed by atoms with Crippen molar-refractivity contribution >= 4 is 11.8 Å². The summed E-state index contributed by atoms with van der Waals surface area (Å²) in [6.45, 7) is 1.23. The minimum Gasteiger partial charge on any atom is -0.381 e. The Bertz CT molecular complexity index is 485. The summed E-state index contributed by atoms with van der Waals surface area (Å²) >= 11 is 1.97. The van der Waals surface area contributed by atoms with Gasteiger partial charge in [0.25, 0.3) is 0 Å². The summed E-state index contributed by atoms with van der Waals surface area (Å²) in [5, 5.41) is 3.69. The first-order chi connectivity index (χ1) is 10.2. The van der Waals surface area contributed by atoms with Crippen molar-refractivity contribution in [3.8, 4) is 0 Å². The zero-order valence-electron chi connectivity index (χ0n) is 12.0. The topological polar surface area (TPSA) is 21.3 Å². The molecule has 0 aliphatic carbocycles. The number of benzene rings is 1. The van der Waals surface area contributed by atoms with Gasteiger partial charge in [-0.1, -0.05) is 6.07 Å². The molecule has 5 heteroatoms. The van der Waals surface area contributed by atoms with Crippen LogP contribution in [-0.2, 0) is 10.3 Å². The van der Waals surface area contributed by atoms with Crippen molar-refractivity contribution in [1.29, 1.82) is 0 Å². The van der Waals surface area contributed by atoms with Gasteiger partial charge in [0.2, 0.25) is 0 Å². The fraction of sp³-hybridized carbons (Fsp3) is 0.625. The molecule has 2 aliphatic heterocycles. The van der Waals surface area contributed by atoms with Crippen molar-refractivity contribution < 1.29 is 13.5 Å². The summed E-state index contributed by atoms with van der Waals surface area (Å²) < 4.78 is 33.0. The number of hydrogen-bond acceptors (Lipinski definition) is 3. The molecule has 0 saturated carbocycles. The van der Waals surface area contributed by atoms with E-state index in [4.69, 9.17) is 4.74 Å². The van der Waals surface area contributed by atoms with Crippen LogP contribution in [0.15, 0.2) is 18.2 Å². The maximum atomic E-state index is 14.3. The quantitative estimate of drug-likeness (QED) is 0.923. The normalized spacial score (nSPS) is 23.1. The van der Waals surface area contributed by atoms with Gasteiger partial charge in [-0.05, 0) is 43.3 Å². The van der Waals surface area contributed by atoms with Crippen molar-refractivity contribution in [2.24, 2.45) is 0 Å². The highest BCUT2D eigenvalue weighted by atomic mass is 32.2. The van der Waals surface area contributed by atoms with E-state index in [0.29, 0.717) is 24.8 Å². The molecule has 0 radical (unpaired) electrons. The first kappa shape index (κ1) is 15.3. The molecule has 21 heavy (non-hydrogen) atoms. The van der Waals surface area contributed by atoms with E-state index in [2.05, 4.69) is 5.32 Å². The highest BCUT2D eigenvalue weighted by molar-refractivity contribution is 7.99. The zero-order valence-corrected chi connectivity index (χ0v) is 12.9. The predicted molar refractivity (Wildman–Crippen MR) is 81.6 cm³/mol. The van der Waals surface area contributed by atoms with Gasteiger partial charge in [-0.3, -0.25) is 0 Å². The summed E-state index contributed by atoms with van der Waals surface area (Å²) in [6.07, 6.45) is 3.69. The second kappa shape index (κ2) is 6.63. The lowest BCUT2D eigenvalue weighted by atomic mass is 9.81. The lowest BCUT2D eigenvalue weighted by Gasteiger charge is -2.42.